The second-order valence-corrected chi connectivity index (χ2v) is 4.85. The van der Waals surface area contributed by atoms with Gasteiger partial charge >= 0.3 is 0 Å². The molecule has 1 aliphatic carbocycles. The monoisotopic (exact) mass is 277 g/mol. The molecule has 20 heavy (non-hydrogen) atoms. The van der Waals surface area contributed by atoms with Gasteiger partial charge in [-0.1, -0.05) is 6.07 Å². The number of hydrogen-bond donors (Lipinski definition) is 2. The Labute approximate surface area is 114 Å². The predicted octanol–water partition coefficient (Wildman–Crippen LogP) is 2.94. The number of halogens is 2. The lowest BCUT2D eigenvalue weighted by atomic mass is 10.2. The van der Waals surface area contributed by atoms with Crippen LogP contribution in [0.15, 0.2) is 30.5 Å². The number of para-hydroxylation sites is 1. The van der Waals surface area contributed by atoms with Gasteiger partial charge in [-0.2, -0.15) is 0 Å². The number of benzene rings is 1. The normalized spacial score (nSPS) is 14.3. The highest BCUT2D eigenvalue weighted by Gasteiger charge is 2.28. The first-order valence-corrected chi connectivity index (χ1v) is 6.29. The summed E-state index contributed by atoms with van der Waals surface area (Å²) in [5.41, 5.74) is 6.01. The van der Waals surface area contributed by atoms with Crippen LogP contribution in [0, 0.1) is 11.6 Å². The molecule has 0 saturated heterocycles. The molecule has 1 amide bonds. The van der Waals surface area contributed by atoms with E-state index in [0.29, 0.717) is 11.4 Å². The van der Waals surface area contributed by atoms with Crippen LogP contribution in [0.1, 0.15) is 29.4 Å². The standard InChI is InChI=1S/C14H13F2N3O/c15-10-2-1-3-11(16)13(10)18-14(20)12-6-8(17)7-19(12)9-4-5-9/h1-3,6-7,9H,4-5,17H2,(H,18,20). The Balaban J connectivity index is 1.90. The van der Waals surface area contributed by atoms with Gasteiger partial charge in [0.05, 0.1) is 5.69 Å². The number of carbonyl (C=O) groups is 1. The molecule has 1 aromatic heterocycles. The Morgan fingerprint density at radius 2 is 1.95 bits per heavy atom. The van der Waals surface area contributed by atoms with Crippen molar-refractivity contribution in [3.05, 3.63) is 47.8 Å². The maximum Gasteiger partial charge on any atom is 0.272 e. The number of amides is 1. The summed E-state index contributed by atoms with van der Waals surface area (Å²) in [5.74, 6) is -2.19. The fourth-order valence-corrected chi connectivity index (χ4v) is 2.13. The Kier molecular flexibility index (Phi) is 2.93. The SMILES string of the molecule is Nc1cc(C(=O)Nc2c(F)cccc2F)n(C2CC2)c1. The molecule has 3 N–H and O–H groups in total. The zero-order chi connectivity index (χ0) is 14.3. The van der Waals surface area contributed by atoms with Crippen LogP contribution in [0.5, 0.6) is 0 Å². The van der Waals surface area contributed by atoms with E-state index in [2.05, 4.69) is 5.32 Å². The van der Waals surface area contributed by atoms with Gasteiger partial charge in [0.15, 0.2) is 0 Å². The number of nitrogens with one attached hydrogen (secondary N) is 1. The molecule has 1 saturated carbocycles. The number of nitrogens with zero attached hydrogens (tertiary/aromatic N) is 1. The van der Waals surface area contributed by atoms with Gasteiger partial charge < -0.3 is 15.6 Å². The van der Waals surface area contributed by atoms with Gasteiger partial charge in [0.2, 0.25) is 0 Å². The van der Waals surface area contributed by atoms with Crippen molar-refractivity contribution in [2.75, 3.05) is 11.1 Å². The summed E-state index contributed by atoms with van der Waals surface area (Å²) in [6.45, 7) is 0. The molecule has 1 fully saturated rings. The van der Waals surface area contributed by atoms with Crippen molar-refractivity contribution in [3.63, 3.8) is 0 Å². The highest BCUT2D eigenvalue weighted by atomic mass is 19.1. The second-order valence-electron chi connectivity index (χ2n) is 4.85. The Morgan fingerprint density at radius 1 is 1.30 bits per heavy atom. The molecule has 0 atom stereocenters. The molecule has 1 aromatic carbocycles. The fourth-order valence-electron chi connectivity index (χ4n) is 2.13. The van der Waals surface area contributed by atoms with E-state index in [0.717, 1.165) is 25.0 Å². The topological polar surface area (TPSA) is 60.1 Å². The molecule has 1 heterocycles. The average Bonchev–Trinajstić information content (AvgIpc) is 3.17. The van der Waals surface area contributed by atoms with Crippen molar-refractivity contribution >= 4 is 17.3 Å². The lowest BCUT2D eigenvalue weighted by molar-refractivity contribution is 0.101. The molecule has 0 radical (unpaired) electrons. The maximum absolute atomic E-state index is 13.5. The zero-order valence-electron chi connectivity index (χ0n) is 10.6. The highest BCUT2D eigenvalue weighted by molar-refractivity contribution is 6.04. The number of anilines is 2. The van der Waals surface area contributed by atoms with Gasteiger partial charge in [-0.15, -0.1) is 0 Å². The number of carbonyl (C=O) groups excluding carboxylic acids is 1. The summed E-state index contributed by atoms with van der Waals surface area (Å²) < 4.78 is 28.8. The third-order valence-electron chi connectivity index (χ3n) is 3.24. The molecular weight excluding hydrogens is 264 g/mol. The van der Waals surface area contributed by atoms with E-state index >= 15 is 0 Å². The summed E-state index contributed by atoms with van der Waals surface area (Å²) in [4.78, 5) is 12.2. The third kappa shape index (κ3) is 2.24. The molecule has 0 bridgehead atoms. The first-order chi connectivity index (χ1) is 9.56. The van der Waals surface area contributed by atoms with Gasteiger partial charge in [-0.25, -0.2) is 8.78 Å². The van der Waals surface area contributed by atoms with Crippen LogP contribution in [-0.4, -0.2) is 10.5 Å². The quantitative estimate of drug-likeness (QED) is 0.906. The van der Waals surface area contributed by atoms with E-state index < -0.39 is 23.2 Å². The number of nitrogen functional groups attached to an aromatic ring is 1. The van der Waals surface area contributed by atoms with E-state index in [1.807, 2.05) is 0 Å². The maximum atomic E-state index is 13.5. The minimum Gasteiger partial charge on any atom is -0.397 e. The zero-order valence-corrected chi connectivity index (χ0v) is 10.6. The molecule has 4 nitrogen and oxygen atoms in total. The molecule has 6 heteroatoms. The molecule has 0 spiro atoms. The Bertz CT molecular complexity index is 657. The molecule has 1 aliphatic rings. The summed E-state index contributed by atoms with van der Waals surface area (Å²) in [6.07, 6.45) is 3.62. The number of hydrogen-bond acceptors (Lipinski definition) is 2. The van der Waals surface area contributed by atoms with E-state index in [1.54, 1.807) is 10.8 Å². The van der Waals surface area contributed by atoms with E-state index in [4.69, 9.17) is 5.73 Å². The number of nitrogens with two attached hydrogens (primary N) is 1. The molecule has 104 valence electrons. The lowest BCUT2D eigenvalue weighted by Gasteiger charge is -2.09. The molecule has 0 unspecified atom stereocenters. The minimum absolute atomic E-state index is 0.249. The number of rotatable bonds is 3. The Hall–Kier alpha value is -2.37. The first-order valence-electron chi connectivity index (χ1n) is 6.29. The van der Waals surface area contributed by atoms with Crippen LogP contribution in [0.2, 0.25) is 0 Å². The Morgan fingerprint density at radius 3 is 2.55 bits per heavy atom. The lowest BCUT2D eigenvalue weighted by Crippen LogP contribution is -2.18. The van der Waals surface area contributed by atoms with Crippen molar-refractivity contribution in [3.8, 4) is 0 Å². The van der Waals surface area contributed by atoms with E-state index in [1.165, 1.54) is 12.1 Å². The summed E-state index contributed by atoms with van der Waals surface area (Å²) in [7, 11) is 0. The minimum atomic E-state index is -0.809. The van der Waals surface area contributed by atoms with Gasteiger partial charge in [-0.3, -0.25) is 4.79 Å². The van der Waals surface area contributed by atoms with Crippen LogP contribution in [0.4, 0.5) is 20.2 Å². The predicted molar refractivity (Wildman–Crippen MR) is 71.4 cm³/mol. The van der Waals surface area contributed by atoms with Crippen molar-refractivity contribution < 1.29 is 13.6 Å². The smallest absolute Gasteiger partial charge is 0.272 e. The van der Waals surface area contributed by atoms with Crippen LogP contribution < -0.4 is 11.1 Å². The van der Waals surface area contributed by atoms with Gasteiger partial charge in [0.1, 0.15) is 23.0 Å². The molecule has 2 aromatic rings. The van der Waals surface area contributed by atoms with Crippen LogP contribution >= 0.6 is 0 Å². The number of aromatic nitrogens is 1. The fraction of sp³-hybridized carbons (Fsp3) is 0.214. The third-order valence-corrected chi connectivity index (χ3v) is 3.24. The molecule has 3 rings (SSSR count). The molecular formula is C14H13F2N3O. The molecule has 0 aliphatic heterocycles. The van der Waals surface area contributed by atoms with Gasteiger partial charge in [0, 0.05) is 12.2 Å². The van der Waals surface area contributed by atoms with Crippen LogP contribution in [0.25, 0.3) is 0 Å². The van der Waals surface area contributed by atoms with E-state index in [-0.39, 0.29) is 6.04 Å². The second kappa shape index (κ2) is 4.63. The van der Waals surface area contributed by atoms with Crippen molar-refractivity contribution in [1.29, 1.82) is 0 Å². The summed E-state index contributed by atoms with van der Waals surface area (Å²) in [6, 6.07) is 5.18. The first kappa shape index (κ1) is 12.7. The van der Waals surface area contributed by atoms with E-state index in [9.17, 15) is 13.6 Å². The highest BCUT2D eigenvalue weighted by Crippen LogP contribution is 2.37. The largest absolute Gasteiger partial charge is 0.397 e. The van der Waals surface area contributed by atoms with Crippen LogP contribution in [-0.2, 0) is 0 Å². The van der Waals surface area contributed by atoms with Crippen molar-refractivity contribution in [1.82, 2.24) is 4.57 Å². The van der Waals surface area contributed by atoms with Crippen molar-refractivity contribution in [2.24, 2.45) is 0 Å². The average molecular weight is 277 g/mol. The van der Waals surface area contributed by atoms with Gasteiger partial charge in [-0.05, 0) is 31.0 Å². The summed E-state index contributed by atoms with van der Waals surface area (Å²) in [5, 5.41) is 2.27. The van der Waals surface area contributed by atoms with Crippen molar-refractivity contribution in [2.45, 2.75) is 18.9 Å². The summed E-state index contributed by atoms with van der Waals surface area (Å²) >= 11 is 0. The van der Waals surface area contributed by atoms with Crippen LogP contribution in [0.3, 0.4) is 0 Å². The van der Waals surface area contributed by atoms with Gasteiger partial charge in [0.25, 0.3) is 5.91 Å².